The van der Waals surface area contributed by atoms with Crippen molar-refractivity contribution in [3.8, 4) is 0 Å². The van der Waals surface area contributed by atoms with Gasteiger partial charge < -0.3 is 0 Å². The topological polar surface area (TPSA) is 34.1 Å². The number of carbonyl (C=O) groups is 2. The van der Waals surface area contributed by atoms with Crippen LogP contribution in [0.3, 0.4) is 0 Å². The number of hydrogen-bond donors (Lipinski definition) is 0. The van der Waals surface area contributed by atoms with Gasteiger partial charge in [-0.05, 0) is 57.5 Å². The van der Waals surface area contributed by atoms with E-state index in [-0.39, 0.29) is 0 Å². The van der Waals surface area contributed by atoms with Gasteiger partial charge in [-0.25, -0.2) is 0 Å². The molecule has 94 valence electrons. The molecule has 0 amide bonds. The van der Waals surface area contributed by atoms with E-state index in [1.807, 2.05) is 24.3 Å². The molecule has 4 rings (SSSR count). The highest BCUT2D eigenvalue weighted by molar-refractivity contribution is 6.50. The highest BCUT2D eigenvalue weighted by Crippen LogP contribution is 2.30. The van der Waals surface area contributed by atoms with Crippen molar-refractivity contribution in [1.82, 2.24) is 0 Å². The molecule has 2 nitrogen and oxygen atoms in total. The van der Waals surface area contributed by atoms with Crippen LogP contribution in [0, 0.1) is 0 Å². The van der Waals surface area contributed by atoms with Gasteiger partial charge >= 0.3 is 0 Å². The van der Waals surface area contributed by atoms with E-state index in [2.05, 4.69) is 18.2 Å². The van der Waals surface area contributed by atoms with Crippen molar-refractivity contribution in [1.29, 1.82) is 0 Å². The average molecular weight is 258 g/mol. The summed E-state index contributed by atoms with van der Waals surface area (Å²) in [7, 11) is 0. The Morgan fingerprint density at radius 2 is 1.45 bits per heavy atom. The highest BCUT2D eigenvalue weighted by Gasteiger charge is 2.22. The second-order valence-corrected chi connectivity index (χ2v) is 4.97. The van der Waals surface area contributed by atoms with E-state index in [0.717, 1.165) is 21.7 Å². The number of carbonyl (C=O) groups excluding carboxylic acids is 2. The molecule has 3 aromatic rings. The molecule has 0 saturated heterocycles. The minimum atomic E-state index is -0.447. The molecular weight excluding hydrogens is 248 g/mol. The third-order valence-corrected chi connectivity index (χ3v) is 3.80. The van der Waals surface area contributed by atoms with E-state index in [1.54, 1.807) is 12.1 Å². The Kier molecular flexibility index (Phi) is 2.15. The lowest BCUT2D eigenvalue weighted by atomic mass is 9.90. The molecule has 0 heterocycles. The first-order valence-corrected chi connectivity index (χ1v) is 6.46. The van der Waals surface area contributed by atoms with Gasteiger partial charge in [-0.2, -0.15) is 0 Å². The van der Waals surface area contributed by atoms with Gasteiger partial charge in [-0.3, -0.25) is 9.59 Å². The molecule has 0 bridgehead atoms. The first-order chi connectivity index (χ1) is 9.74. The summed E-state index contributed by atoms with van der Waals surface area (Å²) < 4.78 is 0. The van der Waals surface area contributed by atoms with Crippen LogP contribution in [-0.4, -0.2) is 11.6 Å². The monoisotopic (exact) mass is 258 g/mol. The van der Waals surface area contributed by atoms with Crippen molar-refractivity contribution in [2.24, 2.45) is 0 Å². The molecular formula is C18H10O2. The third-order valence-electron chi connectivity index (χ3n) is 3.80. The normalized spacial score (nSPS) is 14.0. The van der Waals surface area contributed by atoms with Crippen LogP contribution in [0.2, 0.25) is 0 Å². The molecule has 0 saturated carbocycles. The summed E-state index contributed by atoms with van der Waals surface area (Å²) in [6.45, 7) is 0. The van der Waals surface area contributed by atoms with E-state index >= 15 is 0 Å². The van der Waals surface area contributed by atoms with Crippen LogP contribution in [-0.2, 0) is 4.79 Å². The molecule has 0 radical (unpaired) electrons. The molecule has 0 N–H and O–H groups in total. The first-order valence-electron chi connectivity index (χ1n) is 6.46. The number of benzene rings is 3. The summed E-state index contributed by atoms with van der Waals surface area (Å²) in [5, 5.41) is 4.39. The summed E-state index contributed by atoms with van der Waals surface area (Å²) in [5.74, 6) is -0.866. The lowest BCUT2D eigenvalue weighted by molar-refractivity contribution is -0.110. The lowest BCUT2D eigenvalue weighted by Crippen LogP contribution is -2.16. The summed E-state index contributed by atoms with van der Waals surface area (Å²) in [6, 6.07) is 16.0. The molecule has 1 aliphatic carbocycles. The average Bonchev–Trinajstić information content (AvgIpc) is 2.48. The Balaban J connectivity index is 2.15. The van der Waals surface area contributed by atoms with Gasteiger partial charge in [0.2, 0.25) is 11.6 Å². The van der Waals surface area contributed by atoms with Crippen LogP contribution in [0.4, 0.5) is 0 Å². The van der Waals surface area contributed by atoms with Gasteiger partial charge in [0.25, 0.3) is 0 Å². The van der Waals surface area contributed by atoms with Crippen LogP contribution < -0.4 is 0 Å². The van der Waals surface area contributed by atoms with Gasteiger partial charge in [0, 0.05) is 5.56 Å². The zero-order chi connectivity index (χ0) is 13.7. The third kappa shape index (κ3) is 1.45. The van der Waals surface area contributed by atoms with Crippen LogP contribution >= 0.6 is 0 Å². The standard InChI is InChI=1S/C18H10O2/c19-17-8-7-14-15(18(17)20)6-5-13-9-11-3-1-2-4-12(11)10-16(13)14/h1-10H. The lowest BCUT2D eigenvalue weighted by Gasteiger charge is -2.12. The Labute approximate surface area is 115 Å². The molecule has 20 heavy (non-hydrogen) atoms. The molecule has 0 unspecified atom stereocenters. The van der Waals surface area contributed by atoms with Crippen molar-refractivity contribution >= 4 is 39.2 Å². The van der Waals surface area contributed by atoms with Crippen molar-refractivity contribution in [2.45, 2.75) is 0 Å². The van der Waals surface area contributed by atoms with Crippen LogP contribution in [0.1, 0.15) is 15.9 Å². The number of allylic oxidation sites excluding steroid dienone is 1. The van der Waals surface area contributed by atoms with Gasteiger partial charge in [-0.15, -0.1) is 0 Å². The fraction of sp³-hybridized carbons (Fsp3) is 0. The maximum atomic E-state index is 11.9. The molecule has 0 aliphatic heterocycles. The van der Waals surface area contributed by atoms with E-state index < -0.39 is 11.6 Å². The fourth-order valence-corrected chi connectivity index (χ4v) is 2.78. The second-order valence-electron chi connectivity index (χ2n) is 4.97. The Bertz CT molecular complexity index is 933. The number of fused-ring (bicyclic) bond motifs is 4. The van der Waals surface area contributed by atoms with Gasteiger partial charge in [0.05, 0.1) is 0 Å². The van der Waals surface area contributed by atoms with Crippen molar-refractivity contribution in [3.05, 3.63) is 65.7 Å². The summed E-state index contributed by atoms with van der Waals surface area (Å²) in [6.07, 6.45) is 3.11. The van der Waals surface area contributed by atoms with Gasteiger partial charge in [-0.1, -0.05) is 30.3 Å². The predicted octanol–water partition coefficient (Wildman–Crippen LogP) is 3.77. The largest absolute Gasteiger partial charge is 0.286 e. The van der Waals surface area contributed by atoms with Crippen molar-refractivity contribution < 1.29 is 9.59 Å². The summed E-state index contributed by atoms with van der Waals surface area (Å²) in [5.41, 5.74) is 1.35. The zero-order valence-electron chi connectivity index (χ0n) is 10.6. The van der Waals surface area contributed by atoms with Crippen molar-refractivity contribution in [3.63, 3.8) is 0 Å². The van der Waals surface area contributed by atoms with Crippen LogP contribution in [0.5, 0.6) is 0 Å². The molecule has 0 fully saturated rings. The molecule has 0 atom stereocenters. The zero-order valence-corrected chi connectivity index (χ0v) is 10.6. The number of ketones is 2. The molecule has 3 aromatic carbocycles. The molecule has 0 aromatic heterocycles. The Morgan fingerprint density at radius 3 is 2.25 bits per heavy atom. The number of Topliss-reactive ketones (excluding diaryl/α,β-unsaturated/α-hetero) is 1. The number of hydrogen-bond acceptors (Lipinski definition) is 2. The minimum Gasteiger partial charge on any atom is -0.286 e. The van der Waals surface area contributed by atoms with Gasteiger partial charge in [0.15, 0.2) is 0 Å². The second kappa shape index (κ2) is 3.87. The summed E-state index contributed by atoms with van der Waals surface area (Å²) in [4.78, 5) is 23.4. The SMILES string of the molecule is O=C1C=Cc2c(ccc3cc4ccccc4cc23)C1=O. The van der Waals surface area contributed by atoms with Crippen LogP contribution in [0.15, 0.2) is 54.6 Å². The maximum Gasteiger partial charge on any atom is 0.233 e. The maximum absolute atomic E-state index is 11.9. The number of rotatable bonds is 0. The summed E-state index contributed by atoms with van der Waals surface area (Å²) >= 11 is 0. The smallest absolute Gasteiger partial charge is 0.233 e. The quantitative estimate of drug-likeness (QED) is 0.454. The van der Waals surface area contributed by atoms with E-state index in [1.165, 1.54) is 11.5 Å². The van der Waals surface area contributed by atoms with E-state index in [9.17, 15) is 9.59 Å². The molecule has 2 heteroatoms. The Hall–Kier alpha value is -2.74. The highest BCUT2D eigenvalue weighted by atomic mass is 16.2. The predicted molar refractivity (Wildman–Crippen MR) is 79.8 cm³/mol. The van der Waals surface area contributed by atoms with Crippen LogP contribution in [0.25, 0.3) is 27.6 Å². The minimum absolute atomic E-state index is 0.419. The Morgan fingerprint density at radius 1 is 0.700 bits per heavy atom. The van der Waals surface area contributed by atoms with E-state index in [4.69, 9.17) is 0 Å². The fourth-order valence-electron chi connectivity index (χ4n) is 2.78. The molecule has 1 aliphatic rings. The van der Waals surface area contributed by atoms with Gasteiger partial charge in [0.1, 0.15) is 0 Å². The van der Waals surface area contributed by atoms with Crippen molar-refractivity contribution in [2.75, 3.05) is 0 Å². The molecule has 0 spiro atoms. The van der Waals surface area contributed by atoms with E-state index in [0.29, 0.717) is 5.56 Å². The first kappa shape index (κ1) is 11.1.